The number of alkyl halides is 2. The predicted octanol–water partition coefficient (Wildman–Crippen LogP) is 3.58. The number of benzene rings is 2. The lowest BCUT2D eigenvalue weighted by Crippen LogP contribution is -2.35. The van der Waals surface area contributed by atoms with Gasteiger partial charge in [0.1, 0.15) is 11.6 Å². The first-order valence-electron chi connectivity index (χ1n) is 8.55. The molecule has 0 atom stereocenters. The van der Waals surface area contributed by atoms with Crippen LogP contribution in [-0.2, 0) is 6.54 Å². The molecule has 3 rings (SSSR count). The molecule has 2 amide bonds. The van der Waals surface area contributed by atoms with Gasteiger partial charge in [-0.15, -0.1) is 0 Å². The Morgan fingerprint density at radius 2 is 1.93 bits per heavy atom. The van der Waals surface area contributed by atoms with Crippen LogP contribution < -0.4 is 15.6 Å². The quantitative estimate of drug-likeness (QED) is 0.676. The summed E-state index contributed by atoms with van der Waals surface area (Å²) in [6.07, 6.45) is 0. The molecule has 0 saturated heterocycles. The molecule has 0 saturated carbocycles. The van der Waals surface area contributed by atoms with E-state index in [2.05, 4.69) is 20.0 Å². The number of para-hydroxylation sites is 3. The van der Waals surface area contributed by atoms with Gasteiger partial charge in [-0.1, -0.05) is 24.3 Å². The van der Waals surface area contributed by atoms with Crippen LogP contribution in [0.4, 0.5) is 19.3 Å². The molecule has 0 aliphatic heterocycles. The van der Waals surface area contributed by atoms with Crippen LogP contribution in [0.2, 0.25) is 0 Å². The minimum Gasteiger partial charge on any atom is -0.433 e. The van der Waals surface area contributed by atoms with E-state index in [4.69, 9.17) is 0 Å². The van der Waals surface area contributed by atoms with E-state index in [1.54, 1.807) is 37.3 Å². The van der Waals surface area contributed by atoms with Gasteiger partial charge in [-0.3, -0.25) is 4.79 Å². The Bertz CT molecular complexity index is 1040. The van der Waals surface area contributed by atoms with Gasteiger partial charge >= 0.3 is 12.6 Å². The van der Waals surface area contributed by atoms with Gasteiger partial charge < -0.3 is 19.9 Å². The van der Waals surface area contributed by atoms with Crippen LogP contribution in [0.25, 0.3) is 10.9 Å². The molecule has 2 aromatic carbocycles. The molecule has 146 valence electrons. The molecule has 0 spiro atoms. The number of aromatic amines is 1. The number of anilines is 1. The van der Waals surface area contributed by atoms with Crippen molar-refractivity contribution in [1.29, 1.82) is 0 Å². The van der Waals surface area contributed by atoms with E-state index in [1.807, 2.05) is 0 Å². The first-order valence-corrected chi connectivity index (χ1v) is 8.55. The number of fused-ring (bicyclic) bond motifs is 1. The Kier molecular flexibility index (Phi) is 5.83. The highest BCUT2D eigenvalue weighted by Gasteiger charge is 2.17. The lowest BCUT2D eigenvalue weighted by Gasteiger charge is -2.21. The maximum atomic E-state index is 12.6. The zero-order chi connectivity index (χ0) is 20.1. The number of hydrogen-bond acceptors (Lipinski definition) is 4. The van der Waals surface area contributed by atoms with E-state index in [0.29, 0.717) is 23.3 Å². The number of hydrogen-bond donors (Lipinski definition) is 2. The molecule has 0 fully saturated rings. The first kappa shape index (κ1) is 19.3. The van der Waals surface area contributed by atoms with Crippen molar-refractivity contribution in [2.24, 2.45) is 0 Å². The minimum atomic E-state index is -3.01. The molecule has 0 bridgehead atoms. The summed E-state index contributed by atoms with van der Waals surface area (Å²) in [4.78, 5) is 33.2. The molecule has 0 aliphatic rings. The number of halogens is 2. The number of nitrogens with zero attached hydrogens (tertiary/aromatic N) is 2. The van der Waals surface area contributed by atoms with Gasteiger partial charge in [0.15, 0.2) is 0 Å². The highest BCUT2D eigenvalue weighted by Crippen LogP contribution is 2.25. The van der Waals surface area contributed by atoms with Crippen molar-refractivity contribution < 1.29 is 18.3 Å². The number of ether oxygens (including phenoxy) is 1. The summed E-state index contributed by atoms with van der Waals surface area (Å²) < 4.78 is 29.5. The lowest BCUT2D eigenvalue weighted by molar-refractivity contribution is -0.0493. The number of carbonyl (C=O) groups excluding carboxylic acids is 1. The molecule has 7 nitrogen and oxygen atoms in total. The van der Waals surface area contributed by atoms with Crippen molar-refractivity contribution in [2.75, 3.05) is 11.9 Å². The fourth-order valence-electron chi connectivity index (χ4n) is 2.68. The molecular formula is C19H18F2N4O3. The third-order valence-electron chi connectivity index (χ3n) is 4.02. The van der Waals surface area contributed by atoms with Gasteiger partial charge in [0.25, 0.3) is 5.56 Å². The number of amides is 2. The average Bonchev–Trinajstić information content (AvgIpc) is 2.67. The zero-order valence-electron chi connectivity index (χ0n) is 15.0. The number of rotatable bonds is 6. The predicted molar refractivity (Wildman–Crippen MR) is 101 cm³/mol. The average molecular weight is 388 g/mol. The van der Waals surface area contributed by atoms with Crippen LogP contribution in [0.15, 0.2) is 53.3 Å². The molecule has 1 aromatic heterocycles. The summed E-state index contributed by atoms with van der Waals surface area (Å²) in [5.41, 5.74) is 0.340. The standard InChI is InChI=1S/C19H18F2N4O3/c1-2-25(11-16-22-13-8-4-3-7-12(13)17(26)24-16)19(27)23-14-9-5-6-10-15(14)28-18(20)21/h3-10,18H,2,11H2,1H3,(H,23,27)(H,22,24,26). The molecule has 0 radical (unpaired) electrons. The van der Waals surface area contributed by atoms with Crippen LogP contribution in [0.5, 0.6) is 5.75 Å². The van der Waals surface area contributed by atoms with Crippen molar-refractivity contribution in [3.8, 4) is 5.75 Å². The first-order chi connectivity index (χ1) is 13.5. The second-order valence-corrected chi connectivity index (χ2v) is 5.85. The van der Waals surface area contributed by atoms with Crippen LogP contribution in [0, 0.1) is 0 Å². The third kappa shape index (κ3) is 4.43. The summed E-state index contributed by atoms with van der Waals surface area (Å²) in [6.45, 7) is -0.909. The molecule has 0 aliphatic carbocycles. The minimum absolute atomic E-state index is 0.0419. The van der Waals surface area contributed by atoms with Gasteiger partial charge in [-0.2, -0.15) is 8.78 Å². The third-order valence-corrected chi connectivity index (χ3v) is 4.02. The Morgan fingerprint density at radius 3 is 2.68 bits per heavy atom. The van der Waals surface area contributed by atoms with E-state index in [-0.39, 0.29) is 23.5 Å². The second kappa shape index (κ2) is 8.47. The second-order valence-electron chi connectivity index (χ2n) is 5.85. The van der Waals surface area contributed by atoms with Gasteiger partial charge in [-0.05, 0) is 31.2 Å². The fraction of sp³-hybridized carbons (Fsp3) is 0.211. The normalized spacial score (nSPS) is 10.9. The summed E-state index contributed by atoms with van der Waals surface area (Å²) in [7, 11) is 0. The van der Waals surface area contributed by atoms with Gasteiger partial charge in [0.05, 0.1) is 23.1 Å². The zero-order valence-corrected chi connectivity index (χ0v) is 15.0. The summed E-state index contributed by atoms with van der Waals surface area (Å²) in [5, 5.41) is 3.00. The Hall–Kier alpha value is -3.49. The van der Waals surface area contributed by atoms with E-state index < -0.39 is 12.6 Å². The molecule has 1 heterocycles. The molecule has 3 aromatic rings. The van der Waals surface area contributed by atoms with Crippen LogP contribution in [0.3, 0.4) is 0 Å². The van der Waals surface area contributed by atoms with Crippen molar-refractivity contribution in [2.45, 2.75) is 20.1 Å². The lowest BCUT2D eigenvalue weighted by atomic mass is 10.2. The number of urea groups is 1. The Morgan fingerprint density at radius 1 is 1.21 bits per heavy atom. The molecule has 9 heteroatoms. The van der Waals surface area contributed by atoms with E-state index in [0.717, 1.165) is 0 Å². The fourth-order valence-corrected chi connectivity index (χ4v) is 2.68. The van der Waals surface area contributed by atoms with Crippen LogP contribution in [0.1, 0.15) is 12.7 Å². The Balaban J connectivity index is 1.79. The van der Waals surface area contributed by atoms with Gasteiger partial charge in [0.2, 0.25) is 0 Å². The smallest absolute Gasteiger partial charge is 0.387 e. The van der Waals surface area contributed by atoms with Crippen LogP contribution >= 0.6 is 0 Å². The summed E-state index contributed by atoms with van der Waals surface area (Å²) >= 11 is 0. The van der Waals surface area contributed by atoms with Crippen molar-refractivity contribution in [3.05, 3.63) is 64.7 Å². The molecule has 0 unspecified atom stereocenters. The maximum absolute atomic E-state index is 12.6. The van der Waals surface area contributed by atoms with Crippen molar-refractivity contribution in [1.82, 2.24) is 14.9 Å². The van der Waals surface area contributed by atoms with E-state index in [9.17, 15) is 18.4 Å². The number of nitrogens with one attached hydrogen (secondary N) is 2. The topological polar surface area (TPSA) is 87.3 Å². The largest absolute Gasteiger partial charge is 0.433 e. The number of carbonyl (C=O) groups is 1. The number of H-pyrrole nitrogens is 1. The van der Waals surface area contributed by atoms with Crippen molar-refractivity contribution >= 4 is 22.6 Å². The molecule has 28 heavy (non-hydrogen) atoms. The SMILES string of the molecule is CCN(Cc1nc2ccccc2c(=O)[nH]1)C(=O)Nc1ccccc1OC(F)F. The van der Waals surface area contributed by atoms with Gasteiger partial charge in [0, 0.05) is 6.54 Å². The molecule has 2 N–H and O–H groups in total. The van der Waals surface area contributed by atoms with Gasteiger partial charge in [-0.25, -0.2) is 9.78 Å². The summed E-state index contributed by atoms with van der Waals surface area (Å²) in [5.74, 6) is 0.178. The van der Waals surface area contributed by atoms with Crippen molar-refractivity contribution in [3.63, 3.8) is 0 Å². The summed E-state index contributed by atoms with van der Waals surface area (Å²) in [6, 6.07) is 12.2. The van der Waals surface area contributed by atoms with E-state index >= 15 is 0 Å². The number of aromatic nitrogens is 2. The maximum Gasteiger partial charge on any atom is 0.387 e. The Labute approximate surface area is 159 Å². The van der Waals surface area contributed by atoms with Crippen LogP contribution in [-0.4, -0.2) is 34.1 Å². The molecular weight excluding hydrogens is 370 g/mol. The highest BCUT2D eigenvalue weighted by molar-refractivity contribution is 5.91. The highest BCUT2D eigenvalue weighted by atomic mass is 19.3. The van der Waals surface area contributed by atoms with E-state index in [1.165, 1.54) is 23.1 Å². The monoisotopic (exact) mass is 388 g/mol.